The van der Waals surface area contributed by atoms with Crippen molar-refractivity contribution in [3.05, 3.63) is 0 Å². The Bertz CT molecular complexity index is 98.5. The molecule has 0 aliphatic heterocycles. The Kier molecular flexibility index (Phi) is 6.11. The highest BCUT2D eigenvalue weighted by Gasteiger charge is 2.11. The summed E-state index contributed by atoms with van der Waals surface area (Å²) in [6.07, 6.45) is 0. The van der Waals surface area contributed by atoms with Gasteiger partial charge in [-0.05, 0) is 30.6 Å². The molecule has 0 amide bonds. The molecule has 0 aliphatic carbocycles. The average Bonchev–Trinajstić information content (AvgIpc) is 1.94. The lowest BCUT2D eigenvalue weighted by atomic mass is 9.99. The van der Waals surface area contributed by atoms with Gasteiger partial charge in [-0.2, -0.15) is 0 Å². The molecule has 0 aliphatic rings. The molecular weight excluding hydrogens is 172 g/mol. The van der Waals surface area contributed by atoms with Crippen molar-refractivity contribution in [3.8, 4) is 0 Å². The summed E-state index contributed by atoms with van der Waals surface area (Å²) in [6, 6.07) is 0. The zero-order valence-corrected chi connectivity index (χ0v) is 7.10. The zero-order valence-electron chi connectivity index (χ0n) is 7.10. The summed E-state index contributed by atoms with van der Waals surface area (Å²) in [5, 5.41) is 25.2. The van der Waals surface area contributed by atoms with Crippen molar-refractivity contribution in [2.45, 2.75) is 20.8 Å². The molecule has 74 valence electrons. The predicted molar refractivity (Wildman–Crippen MR) is 33.5 cm³/mol. The zero-order chi connectivity index (χ0) is 9.45. The third-order valence-electron chi connectivity index (χ3n) is 0.654. The SMILES string of the molecule is CC(C)(C)COOOOOOO. The smallest absolute Gasteiger partial charge is 0.0903 e. The molecule has 12 heavy (non-hydrogen) atoms. The molecule has 7 heteroatoms. The summed E-state index contributed by atoms with van der Waals surface area (Å²) >= 11 is 0. The first kappa shape index (κ1) is 11.7. The van der Waals surface area contributed by atoms with Crippen LogP contribution in [0.5, 0.6) is 0 Å². The third kappa shape index (κ3) is 9.72. The number of hydrogen-bond acceptors (Lipinski definition) is 7. The standard InChI is InChI=1S/C5H12O7/c1-5(2,3)4-7-9-11-12-10-8-6/h6H,4H2,1-3H3. The summed E-state index contributed by atoms with van der Waals surface area (Å²) in [7, 11) is 0. The molecule has 0 rings (SSSR count). The van der Waals surface area contributed by atoms with Crippen molar-refractivity contribution in [1.82, 2.24) is 0 Å². The highest BCUT2D eigenvalue weighted by molar-refractivity contribution is 4.56. The van der Waals surface area contributed by atoms with E-state index < -0.39 is 0 Å². The van der Waals surface area contributed by atoms with Crippen LogP contribution in [0.4, 0.5) is 0 Å². The van der Waals surface area contributed by atoms with Gasteiger partial charge in [-0.3, -0.25) is 0 Å². The fourth-order valence-electron chi connectivity index (χ4n) is 0.256. The highest BCUT2D eigenvalue weighted by Crippen LogP contribution is 2.12. The van der Waals surface area contributed by atoms with Crippen LogP contribution < -0.4 is 0 Å². The van der Waals surface area contributed by atoms with E-state index in [2.05, 4.69) is 30.1 Å². The Morgan fingerprint density at radius 1 is 1.00 bits per heavy atom. The quantitative estimate of drug-likeness (QED) is 0.377. The van der Waals surface area contributed by atoms with Crippen molar-refractivity contribution in [2.24, 2.45) is 5.41 Å². The van der Waals surface area contributed by atoms with Gasteiger partial charge in [0.25, 0.3) is 0 Å². The van der Waals surface area contributed by atoms with Crippen molar-refractivity contribution >= 4 is 0 Å². The topological polar surface area (TPSA) is 75.6 Å². The van der Waals surface area contributed by atoms with Gasteiger partial charge < -0.3 is 0 Å². The van der Waals surface area contributed by atoms with Gasteiger partial charge >= 0.3 is 0 Å². The van der Waals surface area contributed by atoms with Crippen LogP contribution in [0.1, 0.15) is 20.8 Å². The normalized spacial score (nSPS) is 12.0. The molecule has 0 aromatic heterocycles. The second kappa shape index (κ2) is 6.26. The van der Waals surface area contributed by atoms with Gasteiger partial charge in [-0.25, -0.2) is 10.1 Å². The maximum absolute atomic E-state index is 7.53. The molecule has 0 unspecified atom stereocenters. The lowest BCUT2D eigenvalue weighted by Crippen LogP contribution is -2.15. The molecular formula is C5H12O7. The molecule has 0 aromatic rings. The van der Waals surface area contributed by atoms with Gasteiger partial charge in [0.2, 0.25) is 0 Å². The Labute approximate surface area is 69.3 Å². The molecule has 0 heterocycles. The van der Waals surface area contributed by atoms with Crippen LogP contribution in [0.2, 0.25) is 0 Å². The molecule has 0 spiro atoms. The van der Waals surface area contributed by atoms with Crippen LogP contribution in [0.15, 0.2) is 0 Å². The van der Waals surface area contributed by atoms with Gasteiger partial charge in [-0.1, -0.05) is 20.8 Å². The largest absolute Gasteiger partial charge is 0.219 e. The van der Waals surface area contributed by atoms with E-state index in [1.54, 1.807) is 0 Å². The molecule has 0 atom stereocenters. The van der Waals surface area contributed by atoms with Crippen LogP contribution in [-0.4, -0.2) is 11.9 Å². The van der Waals surface area contributed by atoms with Crippen LogP contribution in [-0.2, 0) is 30.1 Å². The summed E-state index contributed by atoms with van der Waals surface area (Å²) in [4.78, 5) is 4.48. The van der Waals surface area contributed by atoms with Crippen molar-refractivity contribution in [1.29, 1.82) is 0 Å². The monoisotopic (exact) mass is 184 g/mol. The summed E-state index contributed by atoms with van der Waals surface area (Å²) in [6.45, 7) is 6.11. The first-order valence-corrected chi connectivity index (χ1v) is 3.16. The molecule has 0 saturated heterocycles. The van der Waals surface area contributed by atoms with Crippen LogP contribution >= 0.6 is 0 Å². The number of rotatable bonds is 6. The van der Waals surface area contributed by atoms with Crippen molar-refractivity contribution < 1.29 is 35.3 Å². The fraction of sp³-hybridized carbons (Fsp3) is 1.00. The van der Waals surface area contributed by atoms with Gasteiger partial charge in [0.05, 0.1) is 6.61 Å². The third-order valence-corrected chi connectivity index (χ3v) is 0.654. The predicted octanol–water partition coefficient (Wildman–Crippen LogP) is 1.18. The maximum Gasteiger partial charge on any atom is 0.0903 e. The maximum atomic E-state index is 7.53. The molecule has 0 fully saturated rings. The first-order chi connectivity index (χ1) is 5.56. The Hall–Kier alpha value is -0.280. The van der Waals surface area contributed by atoms with Crippen LogP contribution in [0, 0.1) is 5.41 Å². The summed E-state index contributed by atoms with van der Waals surface area (Å²) in [5.74, 6) is 0. The van der Waals surface area contributed by atoms with E-state index in [0.29, 0.717) is 6.61 Å². The summed E-state index contributed by atoms with van der Waals surface area (Å²) < 4.78 is 0. The van der Waals surface area contributed by atoms with Gasteiger partial charge in [0, 0.05) is 0 Å². The molecule has 0 aromatic carbocycles. The number of hydrogen-bond donors (Lipinski definition) is 1. The average molecular weight is 184 g/mol. The molecule has 0 bridgehead atoms. The van der Waals surface area contributed by atoms with E-state index in [9.17, 15) is 0 Å². The van der Waals surface area contributed by atoms with E-state index in [0.717, 1.165) is 0 Å². The second-order valence-corrected chi connectivity index (χ2v) is 3.17. The second-order valence-electron chi connectivity index (χ2n) is 3.17. The van der Waals surface area contributed by atoms with Gasteiger partial charge in [-0.15, -0.1) is 0 Å². The van der Waals surface area contributed by atoms with E-state index in [4.69, 9.17) is 5.26 Å². The lowest BCUT2D eigenvalue weighted by Gasteiger charge is -2.14. The van der Waals surface area contributed by atoms with E-state index in [1.807, 2.05) is 20.8 Å². The Morgan fingerprint density at radius 2 is 1.58 bits per heavy atom. The van der Waals surface area contributed by atoms with Crippen LogP contribution in [0.25, 0.3) is 0 Å². The summed E-state index contributed by atoms with van der Waals surface area (Å²) in [5.41, 5.74) is -0.0578. The minimum atomic E-state index is -0.0578. The molecule has 0 saturated carbocycles. The van der Waals surface area contributed by atoms with Gasteiger partial charge in [0.15, 0.2) is 0 Å². The minimum Gasteiger partial charge on any atom is -0.219 e. The lowest BCUT2D eigenvalue weighted by molar-refractivity contribution is -0.788. The van der Waals surface area contributed by atoms with E-state index >= 15 is 0 Å². The highest BCUT2D eigenvalue weighted by atomic mass is 17.9. The first-order valence-electron chi connectivity index (χ1n) is 3.16. The molecule has 1 N–H and O–H groups in total. The molecule has 0 radical (unpaired) electrons. The Balaban J connectivity index is 3.01. The van der Waals surface area contributed by atoms with Crippen molar-refractivity contribution in [2.75, 3.05) is 6.61 Å². The molecule has 7 nitrogen and oxygen atoms in total. The van der Waals surface area contributed by atoms with E-state index in [-0.39, 0.29) is 5.41 Å². The fourth-order valence-corrected chi connectivity index (χ4v) is 0.256. The van der Waals surface area contributed by atoms with Gasteiger partial charge in [0.1, 0.15) is 0 Å². The van der Waals surface area contributed by atoms with Crippen molar-refractivity contribution in [3.63, 3.8) is 0 Å². The van der Waals surface area contributed by atoms with Crippen LogP contribution in [0.3, 0.4) is 0 Å². The van der Waals surface area contributed by atoms with E-state index in [1.165, 1.54) is 0 Å². The minimum absolute atomic E-state index is 0.0578. The Morgan fingerprint density at radius 3 is 2.08 bits per heavy atom.